The summed E-state index contributed by atoms with van der Waals surface area (Å²) in [6.45, 7) is 5.02. The van der Waals surface area contributed by atoms with E-state index in [4.69, 9.17) is 10.7 Å². The molecule has 0 saturated carbocycles. The van der Waals surface area contributed by atoms with Gasteiger partial charge in [-0.3, -0.25) is 4.79 Å². The second-order valence-corrected chi connectivity index (χ2v) is 8.70. The van der Waals surface area contributed by atoms with Crippen LogP contribution < -0.4 is 0 Å². The number of hydrogen-bond donors (Lipinski definition) is 0. The molecule has 1 fully saturated rings. The lowest BCUT2D eigenvalue weighted by Crippen LogP contribution is -2.29. The molecule has 1 aromatic rings. The van der Waals surface area contributed by atoms with E-state index in [1.165, 1.54) is 5.56 Å². The molecule has 0 N–H and O–H groups in total. The van der Waals surface area contributed by atoms with E-state index in [1.807, 2.05) is 0 Å². The van der Waals surface area contributed by atoms with Crippen molar-refractivity contribution in [3.63, 3.8) is 0 Å². The van der Waals surface area contributed by atoms with Gasteiger partial charge >= 0.3 is 0 Å². The molecule has 1 atom stereocenters. The van der Waals surface area contributed by atoms with Crippen molar-refractivity contribution in [2.24, 2.45) is 0 Å². The molecule has 1 heterocycles. The molecule has 1 amide bonds. The number of benzene rings is 1. The van der Waals surface area contributed by atoms with E-state index >= 15 is 0 Å². The van der Waals surface area contributed by atoms with E-state index in [0.717, 1.165) is 12.0 Å². The highest BCUT2D eigenvalue weighted by molar-refractivity contribution is 8.14. The van der Waals surface area contributed by atoms with Gasteiger partial charge in [0.15, 0.2) is 0 Å². The molecule has 1 aromatic carbocycles. The molecular weight excluding hydrogens is 310 g/mol. The van der Waals surface area contributed by atoms with Gasteiger partial charge in [-0.05, 0) is 23.5 Å². The van der Waals surface area contributed by atoms with Gasteiger partial charge in [0.05, 0.1) is 0 Å². The number of hydrogen-bond acceptors (Lipinski definition) is 3. The Hall–Kier alpha value is -1.07. The van der Waals surface area contributed by atoms with Gasteiger partial charge in [-0.1, -0.05) is 38.1 Å². The van der Waals surface area contributed by atoms with Crippen LogP contribution in [-0.4, -0.2) is 37.6 Å². The van der Waals surface area contributed by atoms with E-state index in [1.54, 1.807) is 4.90 Å². The first kappa shape index (κ1) is 16.3. The molecule has 21 heavy (non-hydrogen) atoms. The van der Waals surface area contributed by atoms with Crippen LogP contribution in [0.5, 0.6) is 0 Å². The molecule has 6 heteroatoms. The first-order valence-electron chi connectivity index (χ1n) is 7.07. The fraction of sp³-hybridized carbons (Fsp3) is 0.533. The van der Waals surface area contributed by atoms with Gasteiger partial charge in [-0.15, -0.1) is 0 Å². The van der Waals surface area contributed by atoms with Crippen molar-refractivity contribution in [3.8, 4) is 0 Å². The zero-order chi connectivity index (χ0) is 15.6. The van der Waals surface area contributed by atoms with Crippen LogP contribution in [0.1, 0.15) is 37.3 Å². The highest BCUT2D eigenvalue weighted by atomic mass is 35.7. The quantitative estimate of drug-likeness (QED) is 0.780. The Kier molecular flexibility index (Phi) is 4.94. The average Bonchev–Trinajstić information content (AvgIpc) is 2.78. The van der Waals surface area contributed by atoms with Gasteiger partial charge in [-0.25, -0.2) is 8.42 Å². The van der Waals surface area contributed by atoms with Crippen molar-refractivity contribution < 1.29 is 13.2 Å². The van der Waals surface area contributed by atoms with Gasteiger partial charge in [0, 0.05) is 30.2 Å². The lowest BCUT2D eigenvalue weighted by atomic mass is 10.0. The van der Waals surface area contributed by atoms with E-state index in [-0.39, 0.29) is 18.9 Å². The van der Waals surface area contributed by atoms with Gasteiger partial charge in [0.25, 0.3) is 0 Å². The van der Waals surface area contributed by atoms with E-state index in [9.17, 15) is 13.2 Å². The lowest BCUT2D eigenvalue weighted by molar-refractivity contribution is -0.127. The average molecular weight is 330 g/mol. The third kappa shape index (κ3) is 4.20. The van der Waals surface area contributed by atoms with Crippen LogP contribution in [0.25, 0.3) is 0 Å². The zero-order valence-electron chi connectivity index (χ0n) is 12.3. The first-order chi connectivity index (χ1) is 9.77. The Bertz CT molecular complexity index is 610. The Morgan fingerprint density at radius 3 is 2.38 bits per heavy atom. The van der Waals surface area contributed by atoms with Crippen molar-refractivity contribution in [1.82, 2.24) is 4.90 Å². The molecule has 0 aliphatic carbocycles. The molecule has 4 nitrogen and oxygen atoms in total. The topological polar surface area (TPSA) is 54.5 Å². The second-order valence-electron chi connectivity index (χ2n) is 5.79. The summed E-state index contributed by atoms with van der Waals surface area (Å²) < 4.78 is 22.6. The highest BCUT2D eigenvalue weighted by Gasteiger charge is 2.36. The molecule has 1 aliphatic heterocycles. The SMILES string of the molecule is CC(C)c1ccc(CCN2CC(S(=O)(=O)Cl)CC2=O)cc1. The molecule has 0 spiro atoms. The predicted octanol–water partition coefficient (Wildman–Crippen LogP) is 2.52. The van der Waals surface area contributed by atoms with Gasteiger partial charge in [0.2, 0.25) is 15.0 Å². The van der Waals surface area contributed by atoms with Crippen LogP contribution in [0.4, 0.5) is 0 Å². The minimum Gasteiger partial charge on any atom is -0.341 e. The molecule has 0 radical (unpaired) electrons. The maximum Gasteiger partial charge on any atom is 0.237 e. The van der Waals surface area contributed by atoms with Crippen molar-refractivity contribution in [1.29, 1.82) is 0 Å². The van der Waals surface area contributed by atoms with Crippen LogP contribution in [0.3, 0.4) is 0 Å². The Balaban J connectivity index is 1.93. The van der Waals surface area contributed by atoms with Gasteiger partial charge in [-0.2, -0.15) is 0 Å². The fourth-order valence-electron chi connectivity index (χ4n) is 2.47. The number of carbonyl (C=O) groups is 1. The third-order valence-electron chi connectivity index (χ3n) is 3.89. The fourth-order valence-corrected chi connectivity index (χ4v) is 3.53. The minimum absolute atomic E-state index is 0.00186. The Labute approximate surface area is 130 Å². The smallest absolute Gasteiger partial charge is 0.237 e. The summed E-state index contributed by atoms with van der Waals surface area (Å²) in [5.41, 5.74) is 2.42. The zero-order valence-corrected chi connectivity index (χ0v) is 13.8. The molecule has 1 unspecified atom stereocenters. The number of likely N-dealkylation sites (tertiary alicyclic amines) is 1. The van der Waals surface area contributed by atoms with Crippen LogP contribution in [0.15, 0.2) is 24.3 Å². The summed E-state index contributed by atoms with van der Waals surface area (Å²) >= 11 is 0. The Morgan fingerprint density at radius 2 is 1.90 bits per heavy atom. The summed E-state index contributed by atoms with van der Waals surface area (Å²) in [7, 11) is 1.67. The number of nitrogens with zero attached hydrogens (tertiary/aromatic N) is 1. The first-order valence-corrected chi connectivity index (χ1v) is 9.44. The van der Waals surface area contributed by atoms with Crippen LogP contribution in [0, 0.1) is 0 Å². The highest BCUT2D eigenvalue weighted by Crippen LogP contribution is 2.22. The predicted molar refractivity (Wildman–Crippen MR) is 84.0 cm³/mol. The van der Waals surface area contributed by atoms with Crippen LogP contribution in [-0.2, 0) is 20.3 Å². The summed E-state index contributed by atoms with van der Waals surface area (Å²) in [4.78, 5) is 13.4. The molecule has 116 valence electrons. The van der Waals surface area contributed by atoms with Gasteiger partial charge in [0.1, 0.15) is 5.25 Å². The molecular formula is C15H20ClNO3S. The third-order valence-corrected chi connectivity index (χ3v) is 5.76. The summed E-state index contributed by atoms with van der Waals surface area (Å²) in [6, 6.07) is 8.31. The summed E-state index contributed by atoms with van der Waals surface area (Å²) in [5, 5.41) is -0.769. The molecule has 1 aliphatic rings. The van der Waals surface area contributed by atoms with Crippen molar-refractivity contribution in [2.45, 2.75) is 37.9 Å². The standard InChI is InChI=1S/C15H20ClNO3S/c1-11(2)13-5-3-12(4-6-13)7-8-17-10-14(9-15(17)18)21(16,19)20/h3-6,11,14H,7-10H2,1-2H3. The second kappa shape index (κ2) is 6.36. The lowest BCUT2D eigenvalue weighted by Gasteiger charge is -2.16. The summed E-state index contributed by atoms with van der Waals surface area (Å²) in [6.07, 6.45) is 0.720. The van der Waals surface area contributed by atoms with E-state index < -0.39 is 14.3 Å². The maximum atomic E-state index is 11.8. The van der Waals surface area contributed by atoms with Crippen LogP contribution >= 0.6 is 10.7 Å². The molecule has 1 saturated heterocycles. The van der Waals surface area contributed by atoms with Crippen molar-refractivity contribution in [2.75, 3.05) is 13.1 Å². The molecule has 0 bridgehead atoms. The normalized spacial score (nSPS) is 19.5. The molecule has 0 aromatic heterocycles. The maximum absolute atomic E-state index is 11.8. The van der Waals surface area contributed by atoms with Crippen molar-refractivity contribution >= 4 is 25.6 Å². The number of halogens is 1. The minimum atomic E-state index is -3.66. The van der Waals surface area contributed by atoms with E-state index in [0.29, 0.717) is 12.5 Å². The van der Waals surface area contributed by atoms with Crippen LogP contribution in [0.2, 0.25) is 0 Å². The van der Waals surface area contributed by atoms with E-state index in [2.05, 4.69) is 38.1 Å². The van der Waals surface area contributed by atoms with Gasteiger partial charge < -0.3 is 4.90 Å². The van der Waals surface area contributed by atoms with Crippen molar-refractivity contribution in [3.05, 3.63) is 35.4 Å². The number of carbonyl (C=O) groups excluding carboxylic acids is 1. The largest absolute Gasteiger partial charge is 0.341 e. The number of amides is 1. The number of rotatable bonds is 5. The summed E-state index contributed by atoms with van der Waals surface area (Å²) in [5.74, 6) is 0.358. The molecule has 2 rings (SSSR count). The Morgan fingerprint density at radius 1 is 1.29 bits per heavy atom. The monoisotopic (exact) mass is 329 g/mol.